The van der Waals surface area contributed by atoms with E-state index in [1.54, 1.807) is 10.9 Å². The van der Waals surface area contributed by atoms with Gasteiger partial charge in [-0.1, -0.05) is 0 Å². The van der Waals surface area contributed by atoms with Gasteiger partial charge in [0.1, 0.15) is 0 Å². The number of aromatic nitrogens is 2. The number of anilines is 1. The van der Waals surface area contributed by atoms with Gasteiger partial charge in [0.25, 0.3) is 5.91 Å². The van der Waals surface area contributed by atoms with Gasteiger partial charge in [-0.05, 0) is 32.0 Å². The molecule has 1 fully saturated rings. The van der Waals surface area contributed by atoms with E-state index in [1.165, 1.54) is 0 Å². The lowest BCUT2D eigenvalue weighted by Gasteiger charge is -2.09. The van der Waals surface area contributed by atoms with Crippen molar-refractivity contribution in [1.29, 1.82) is 0 Å². The SMILES string of the molecule is CCn1cc(N)c(C(=O)NNC(=S)NC2CC2)n1. The first kappa shape index (κ1) is 12.6. The Labute approximate surface area is 110 Å². The zero-order valence-electron chi connectivity index (χ0n) is 10.1. The molecule has 1 amide bonds. The van der Waals surface area contributed by atoms with Gasteiger partial charge in [0.05, 0.1) is 5.69 Å². The maximum atomic E-state index is 11.8. The standard InChI is InChI=1S/C10H16N6OS/c1-2-16-5-7(11)8(15-16)9(17)13-14-10(18)12-6-3-4-6/h5-6H,2-4,11H2,1H3,(H,13,17)(H2,12,14,18). The number of carbonyl (C=O) groups is 1. The fraction of sp³-hybridized carbons (Fsp3) is 0.500. The second kappa shape index (κ2) is 5.21. The van der Waals surface area contributed by atoms with Crippen LogP contribution in [0, 0.1) is 0 Å². The van der Waals surface area contributed by atoms with Gasteiger partial charge < -0.3 is 11.1 Å². The van der Waals surface area contributed by atoms with E-state index in [-0.39, 0.29) is 5.69 Å². The Morgan fingerprint density at radius 1 is 1.61 bits per heavy atom. The fourth-order valence-corrected chi connectivity index (χ4v) is 1.61. The number of amides is 1. The molecule has 2 rings (SSSR count). The number of hydrazine groups is 1. The third kappa shape index (κ3) is 3.10. The van der Waals surface area contributed by atoms with E-state index in [0.717, 1.165) is 12.8 Å². The number of thiocarbonyl (C=S) groups is 1. The Balaban J connectivity index is 1.86. The topological polar surface area (TPSA) is 97.0 Å². The molecule has 0 spiro atoms. The number of hydrogen-bond acceptors (Lipinski definition) is 4. The van der Waals surface area contributed by atoms with E-state index < -0.39 is 5.91 Å². The third-order valence-electron chi connectivity index (χ3n) is 2.53. The fourth-order valence-electron chi connectivity index (χ4n) is 1.40. The first-order valence-electron chi connectivity index (χ1n) is 5.80. The highest BCUT2D eigenvalue weighted by Gasteiger charge is 2.22. The molecule has 8 heteroatoms. The molecule has 0 saturated heterocycles. The van der Waals surface area contributed by atoms with Crippen LogP contribution in [0.15, 0.2) is 6.20 Å². The molecule has 0 atom stereocenters. The van der Waals surface area contributed by atoms with Crippen LogP contribution >= 0.6 is 12.2 Å². The van der Waals surface area contributed by atoms with Crippen LogP contribution in [-0.2, 0) is 6.54 Å². The minimum absolute atomic E-state index is 0.193. The summed E-state index contributed by atoms with van der Waals surface area (Å²) < 4.78 is 1.60. The maximum Gasteiger partial charge on any atom is 0.292 e. The molecule has 5 N–H and O–H groups in total. The van der Waals surface area contributed by atoms with Crippen molar-refractivity contribution in [2.45, 2.75) is 32.4 Å². The molecule has 1 aliphatic carbocycles. The average Bonchev–Trinajstić information content (AvgIpc) is 3.07. The van der Waals surface area contributed by atoms with E-state index in [9.17, 15) is 4.79 Å². The molecule has 98 valence electrons. The van der Waals surface area contributed by atoms with Crippen LogP contribution in [0.1, 0.15) is 30.3 Å². The second-order valence-corrected chi connectivity index (χ2v) is 4.52. The second-order valence-electron chi connectivity index (χ2n) is 4.12. The normalized spacial score (nSPS) is 14.1. The number of hydrogen-bond donors (Lipinski definition) is 4. The molecule has 1 aromatic rings. The number of rotatable bonds is 3. The van der Waals surface area contributed by atoms with E-state index in [2.05, 4.69) is 21.3 Å². The molecule has 7 nitrogen and oxygen atoms in total. The van der Waals surface area contributed by atoms with Gasteiger partial charge in [-0.25, -0.2) is 0 Å². The molecular formula is C10H16N6OS. The van der Waals surface area contributed by atoms with Gasteiger partial charge in [-0.15, -0.1) is 0 Å². The quantitative estimate of drug-likeness (QED) is 0.446. The Kier molecular flexibility index (Phi) is 3.66. The van der Waals surface area contributed by atoms with E-state index >= 15 is 0 Å². The Bertz CT molecular complexity index is 467. The first-order valence-corrected chi connectivity index (χ1v) is 6.20. The van der Waals surface area contributed by atoms with Crippen LogP contribution in [0.25, 0.3) is 0 Å². The van der Waals surface area contributed by atoms with Gasteiger partial charge in [-0.2, -0.15) is 5.10 Å². The summed E-state index contributed by atoms with van der Waals surface area (Å²) in [5.41, 5.74) is 11.3. The summed E-state index contributed by atoms with van der Waals surface area (Å²) in [5, 5.41) is 7.50. The van der Waals surface area contributed by atoms with Gasteiger partial charge in [0, 0.05) is 18.8 Å². The zero-order chi connectivity index (χ0) is 13.1. The number of nitrogen functional groups attached to an aromatic ring is 1. The van der Waals surface area contributed by atoms with Crippen LogP contribution < -0.4 is 21.9 Å². The van der Waals surface area contributed by atoms with Gasteiger partial charge >= 0.3 is 0 Å². The molecule has 0 aromatic carbocycles. The third-order valence-corrected chi connectivity index (χ3v) is 2.75. The number of carbonyl (C=O) groups excluding carboxylic acids is 1. The molecule has 1 heterocycles. The summed E-state index contributed by atoms with van der Waals surface area (Å²) in [6, 6.07) is 0.436. The number of nitrogens with two attached hydrogens (primary N) is 1. The lowest BCUT2D eigenvalue weighted by atomic mass is 10.4. The highest BCUT2D eigenvalue weighted by Crippen LogP contribution is 2.18. The predicted molar refractivity (Wildman–Crippen MR) is 71.7 cm³/mol. The van der Waals surface area contributed by atoms with Crippen LogP contribution in [0.3, 0.4) is 0 Å². The molecule has 0 unspecified atom stereocenters. The predicted octanol–water partition coefficient (Wildman–Crippen LogP) is -0.243. The number of nitrogens with one attached hydrogen (secondary N) is 3. The van der Waals surface area contributed by atoms with Gasteiger partial charge in [0.2, 0.25) is 0 Å². The van der Waals surface area contributed by atoms with Crippen molar-refractivity contribution < 1.29 is 4.79 Å². The lowest BCUT2D eigenvalue weighted by Crippen LogP contribution is -2.47. The van der Waals surface area contributed by atoms with Gasteiger partial charge in [-0.3, -0.25) is 20.3 Å². The summed E-state index contributed by atoms with van der Waals surface area (Å²) in [4.78, 5) is 11.8. The molecule has 0 aliphatic heterocycles. The van der Waals surface area contributed by atoms with Crippen molar-refractivity contribution in [3.05, 3.63) is 11.9 Å². The molecule has 0 bridgehead atoms. The van der Waals surface area contributed by atoms with Crippen LogP contribution in [-0.4, -0.2) is 26.8 Å². The molecule has 1 aromatic heterocycles. The van der Waals surface area contributed by atoms with Crippen molar-refractivity contribution >= 4 is 28.9 Å². The Hall–Kier alpha value is -1.83. The van der Waals surface area contributed by atoms with Gasteiger partial charge in [0.15, 0.2) is 10.8 Å². The maximum absolute atomic E-state index is 11.8. The van der Waals surface area contributed by atoms with E-state index in [0.29, 0.717) is 23.4 Å². The summed E-state index contributed by atoms with van der Waals surface area (Å²) in [6.45, 7) is 2.58. The molecular weight excluding hydrogens is 252 g/mol. The van der Waals surface area contributed by atoms with Crippen molar-refractivity contribution in [2.24, 2.45) is 0 Å². The lowest BCUT2D eigenvalue weighted by molar-refractivity contribution is 0.0938. The van der Waals surface area contributed by atoms with Crippen LogP contribution in [0.4, 0.5) is 5.69 Å². The molecule has 18 heavy (non-hydrogen) atoms. The Morgan fingerprint density at radius 2 is 2.33 bits per heavy atom. The largest absolute Gasteiger partial charge is 0.396 e. The highest BCUT2D eigenvalue weighted by atomic mass is 32.1. The van der Waals surface area contributed by atoms with Crippen molar-refractivity contribution in [1.82, 2.24) is 25.9 Å². The summed E-state index contributed by atoms with van der Waals surface area (Å²) in [7, 11) is 0. The van der Waals surface area contributed by atoms with E-state index in [1.807, 2.05) is 6.92 Å². The van der Waals surface area contributed by atoms with Crippen molar-refractivity contribution in [3.63, 3.8) is 0 Å². The zero-order valence-corrected chi connectivity index (χ0v) is 10.9. The summed E-state index contributed by atoms with van der Waals surface area (Å²) in [5.74, 6) is -0.403. The number of aryl methyl sites for hydroxylation is 1. The average molecular weight is 268 g/mol. The molecule has 1 aliphatic rings. The smallest absolute Gasteiger partial charge is 0.292 e. The summed E-state index contributed by atoms with van der Waals surface area (Å²) >= 11 is 5.01. The monoisotopic (exact) mass is 268 g/mol. The first-order chi connectivity index (χ1) is 8.60. The molecule has 1 saturated carbocycles. The van der Waals surface area contributed by atoms with E-state index in [4.69, 9.17) is 18.0 Å². The highest BCUT2D eigenvalue weighted by molar-refractivity contribution is 7.80. The minimum atomic E-state index is -0.403. The minimum Gasteiger partial charge on any atom is -0.396 e. The van der Waals surface area contributed by atoms with Crippen LogP contribution in [0.2, 0.25) is 0 Å². The van der Waals surface area contributed by atoms with Crippen molar-refractivity contribution in [3.8, 4) is 0 Å². The summed E-state index contributed by atoms with van der Waals surface area (Å²) in [6.07, 6.45) is 3.85. The Morgan fingerprint density at radius 3 is 2.89 bits per heavy atom. The van der Waals surface area contributed by atoms with Crippen molar-refractivity contribution in [2.75, 3.05) is 5.73 Å². The molecule has 0 radical (unpaired) electrons. The van der Waals surface area contributed by atoms with Crippen LogP contribution in [0.5, 0.6) is 0 Å². The number of nitrogens with zero attached hydrogens (tertiary/aromatic N) is 2.